The van der Waals surface area contributed by atoms with Gasteiger partial charge >= 0.3 is 0 Å². The standard InChI is InChI=1S/C13H21N3O2/c1-3-6-17-7-8-18-12-9-11(14-2)15-13(16-12)10-4-5-10/h9-10H,3-8H2,1-2H3,(H,14,15,16). The van der Waals surface area contributed by atoms with Gasteiger partial charge < -0.3 is 14.8 Å². The molecule has 1 fully saturated rings. The molecule has 0 spiro atoms. The maximum absolute atomic E-state index is 5.60. The van der Waals surface area contributed by atoms with Gasteiger partial charge in [0, 0.05) is 25.6 Å². The molecule has 18 heavy (non-hydrogen) atoms. The summed E-state index contributed by atoms with van der Waals surface area (Å²) >= 11 is 0. The van der Waals surface area contributed by atoms with Crippen LogP contribution in [0, 0.1) is 0 Å². The fourth-order valence-electron chi connectivity index (χ4n) is 1.62. The van der Waals surface area contributed by atoms with E-state index in [1.807, 2.05) is 13.1 Å². The van der Waals surface area contributed by atoms with E-state index in [1.165, 1.54) is 12.8 Å². The summed E-state index contributed by atoms with van der Waals surface area (Å²) in [5.41, 5.74) is 0. The number of rotatable bonds is 8. The lowest BCUT2D eigenvalue weighted by Crippen LogP contribution is -2.09. The van der Waals surface area contributed by atoms with Crippen molar-refractivity contribution in [1.29, 1.82) is 0 Å². The van der Waals surface area contributed by atoms with Gasteiger partial charge in [-0.05, 0) is 19.3 Å². The maximum atomic E-state index is 5.60. The first-order valence-corrected chi connectivity index (χ1v) is 6.60. The minimum Gasteiger partial charge on any atom is -0.475 e. The van der Waals surface area contributed by atoms with Crippen molar-refractivity contribution in [2.45, 2.75) is 32.1 Å². The van der Waals surface area contributed by atoms with Gasteiger partial charge in [0.25, 0.3) is 0 Å². The number of anilines is 1. The molecule has 0 amide bonds. The summed E-state index contributed by atoms with van der Waals surface area (Å²) in [5, 5.41) is 3.04. The zero-order valence-corrected chi connectivity index (χ0v) is 11.1. The Morgan fingerprint density at radius 1 is 1.28 bits per heavy atom. The smallest absolute Gasteiger partial charge is 0.218 e. The summed E-state index contributed by atoms with van der Waals surface area (Å²) in [4.78, 5) is 8.87. The molecule has 0 unspecified atom stereocenters. The van der Waals surface area contributed by atoms with Crippen LogP contribution in [0.1, 0.15) is 37.9 Å². The van der Waals surface area contributed by atoms with Gasteiger partial charge in [-0.15, -0.1) is 0 Å². The Kier molecular flexibility index (Phi) is 4.75. The molecule has 100 valence electrons. The molecule has 0 radical (unpaired) electrons. The van der Waals surface area contributed by atoms with Crippen LogP contribution in [0.4, 0.5) is 5.82 Å². The second-order valence-corrected chi connectivity index (χ2v) is 4.43. The van der Waals surface area contributed by atoms with Gasteiger partial charge in [-0.1, -0.05) is 6.92 Å². The summed E-state index contributed by atoms with van der Waals surface area (Å²) in [6, 6.07) is 1.83. The van der Waals surface area contributed by atoms with Crippen molar-refractivity contribution in [2.75, 3.05) is 32.2 Å². The number of nitrogens with one attached hydrogen (secondary N) is 1. The lowest BCUT2D eigenvalue weighted by molar-refractivity contribution is 0.0989. The largest absolute Gasteiger partial charge is 0.475 e. The average molecular weight is 251 g/mol. The van der Waals surface area contributed by atoms with Gasteiger partial charge in [-0.2, -0.15) is 4.98 Å². The third-order valence-electron chi connectivity index (χ3n) is 2.74. The Morgan fingerprint density at radius 3 is 2.78 bits per heavy atom. The molecule has 0 saturated heterocycles. The highest BCUT2D eigenvalue weighted by Gasteiger charge is 2.27. The first-order chi connectivity index (χ1) is 8.83. The Morgan fingerprint density at radius 2 is 2.11 bits per heavy atom. The number of hydrogen-bond donors (Lipinski definition) is 1. The molecule has 1 saturated carbocycles. The normalized spacial score (nSPS) is 14.6. The fourth-order valence-corrected chi connectivity index (χ4v) is 1.62. The summed E-state index contributed by atoms with van der Waals surface area (Å²) in [7, 11) is 1.85. The van der Waals surface area contributed by atoms with Crippen LogP contribution in [-0.2, 0) is 4.74 Å². The molecule has 0 aliphatic heterocycles. The van der Waals surface area contributed by atoms with Crippen LogP contribution in [0.25, 0.3) is 0 Å². The van der Waals surface area contributed by atoms with Gasteiger partial charge in [-0.25, -0.2) is 4.98 Å². The number of hydrogen-bond acceptors (Lipinski definition) is 5. The monoisotopic (exact) mass is 251 g/mol. The van der Waals surface area contributed by atoms with Gasteiger partial charge in [0.05, 0.1) is 6.61 Å². The van der Waals surface area contributed by atoms with Crippen molar-refractivity contribution < 1.29 is 9.47 Å². The zero-order valence-electron chi connectivity index (χ0n) is 11.1. The Balaban J connectivity index is 1.88. The SMILES string of the molecule is CCCOCCOc1cc(NC)nc(C2CC2)n1. The highest BCUT2D eigenvalue weighted by atomic mass is 16.5. The van der Waals surface area contributed by atoms with Crippen LogP contribution in [0.3, 0.4) is 0 Å². The summed E-state index contributed by atoms with van der Waals surface area (Å²) in [5.74, 6) is 2.87. The van der Waals surface area contributed by atoms with E-state index in [-0.39, 0.29) is 0 Å². The first kappa shape index (κ1) is 13.1. The number of aromatic nitrogens is 2. The first-order valence-electron chi connectivity index (χ1n) is 6.60. The molecule has 0 bridgehead atoms. The van der Waals surface area contributed by atoms with Crippen LogP contribution >= 0.6 is 0 Å². The second kappa shape index (κ2) is 6.54. The van der Waals surface area contributed by atoms with E-state index >= 15 is 0 Å². The molecule has 0 aromatic carbocycles. The van der Waals surface area contributed by atoms with Crippen molar-refractivity contribution in [1.82, 2.24) is 9.97 Å². The predicted octanol–water partition coefficient (Wildman–Crippen LogP) is 2.20. The van der Waals surface area contributed by atoms with E-state index < -0.39 is 0 Å². The Labute approximate surface area is 108 Å². The second-order valence-electron chi connectivity index (χ2n) is 4.43. The maximum Gasteiger partial charge on any atom is 0.218 e. The van der Waals surface area contributed by atoms with Gasteiger partial charge in [0.2, 0.25) is 5.88 Å². The Hall–Kier alpha value is -1.36. The highest BCUT2D eigenvalue weighted by molar-refractivity contribution is 5.38. The van der Waals surface area contributed by atoms with Gasteiger partial charge in [0.1, 0.15) is 18.2 Å². The molecule has 1 aliphatic rings. The van der Waals surface area contributed by atoms with E-state index in [4.69, 9.17) is 9.47 Å². The van der Waals surface area contributed by atoms with E-state index in [0.717, 1.165) is 24.7 Å². The molecule has 1 aliphatic carbocycles. The lowest BCUT2D eigenvalue weighted by Gasteiger charge is -2.09. The van der Waals surface area contributed by atoms with E-state index in [2.05, 4.69) is 22.2 Å². The topological polar surface area (TPSA) is 56.3 Å². The highest BCUT2D eigenvalue weighted by Crippen LogP contribution is 2.39. The van der Waals surface area contributed by atoms with E-state index in [1.54, 1.807) is 0 Å². The van der Waals surface area contributed by atoms with Crippen LogP contribution in [0.15, 0.2) is 6.07 Å². The summed E-state index contributed by atoms with van der Waals surface area (Å²) < 4.78 is 11.0. The molecule has 0 atom stereocenters. The van der Waals surface area contributed by atoms with E-state index in [0.29, 0.717) is 25.0 Å². The molecule has 1 heterocycles. The summed E-state index contributed by atoms with van der Waals surface area (Å²) in [6.45, 7) is 4.00. The predicted molar refractivity (Wildman–Crippen MR) is 70.2 cm³/mol. The molecule has 5 heteroatoms. The molecular weight excluding hydrogens is 230 g/mol. The average Bonchev–Trinajstić information content (AvgIpc) is 3.22. The minimum absolute atomic E-state index is 0.525. The van der Waals surface area contributed by atoms with Crippen molar-refractivity contribution in [2.24, 2.45) is 0 Å². The Bertz CT molecular complexity index is 380. The molecule has 1 N–H and O–H groups in total. The van der Waals surface area contributed by atoms with E-state index in [9.17, 15) is 0 Å². The summed E-state index contributed by atoms with van der Waals surface area (Å²) in [6.07, 6.45) is 3.40. The van der Waals surface area contributed by atoms with Gasteiger partial charge in [0.15, 0.2) is 0 Å². The van der Waals surface area contributed by atoms with Crippen molar-refractivity contribution in [3.63, 3.8) is 0 Å². The quantitative estimate of drug-likeness (QED) is 0.718. The van der Waals surface area contributed by atoms with Crippen LogP contribution < -0.4 is 10.1 Å². The van der Waals surface area contributed by atoms with Crippen LogP contribution in [0.2, 0.25) is 0 Å². The number of nitrogens with zero attached hydrogens (tertiary/aromatic N) is 2. The molecule has 1 aromatic heterocycles. The zero-order chi connectivity index (χ0) is 12.8. The number of ether oxygens (including phenoxy) is 2. The van der Waals surface area contributed by atoms with Crippen molar-refractivity contribution >= 4 is 5.82 Å². The minimum atomic E-state index is 0.525. The fraction of sp³-hybridized carbons (Fsp3) is 0.692. The van der Waals surface area contributed by atoms with Crippen LogP contribution in [-0.4, -0.2) is 36.8 Å². The lowest BCUT2D eigenvalue weighted by atomic mass is 10.4. The molecule has 1 aromatic rings. The molecule has 2 rings (SSSR count). The van der Waals surface area contributed by atoms with Crippen molar-refractivity contribution in [3.05, 3.63) is 11.9 Å². The third kappa shape index (κ3) is 3.84. The molecule has 5 nitrogen and oxygen atoms in total. The third-order valence-corrected chi connectivity index (χ3v) is 2.74. The van der Waals surface area contributed by atoms with Crippen LogP contribution in [0.5, 0.6) is 5.88 Å². The van der Waals surface area contributed by atoms with Crippen molar-refractivity contribution in [3.8, 4) is 5.88 Å². The molecular formula is C13H21N3O2. The van der Waals surface area contributed by atoms with Gasteiger partial charge in [-0.3, -0.25) is 0 Å².